The second kappa shape index (κ2) is 9.47. The molecule has 0 amide bonds. The van der Waals surface area contributed by atoms with E-state index >= 15 is 0 Å². The summed E-state index contributed by atoms with van der Waals surface area (Å²) < 4.78 is 5.21. The third-order valence-corrected chi connectivity index (χ3v) is 23.7. The summed E-state index contributed by atoms with van der Waals surface area (Å²) in [6.45, 7) is 11.2. The fraction of sp³-hybridized carbons (Fsp3) is 1.00. The number of hydrogen-bond donors (Lipinski definition) is 0. The van der Waals surface area contributed by atoms with Crippen molar-refractivity contribution in [2.24, 2.45) is 0 Å². The van der Waals surface area contributed by atoms with Crippen molar-refractivity contribution >= 4 is 59.2 Å². The highest BCUT2D eigenvalue weighted by molar-refractivity contribution is 8.96. The van der Waals surface area contributed by atoms with Gasteiger partial charge in [-0.1, -0.05) is 40.5 Å². The van der Waals surface area contributed by atoms with Crippen LogP contribution in [0.2, 0.25) is 0 Å². The summed E-state index contributed by atoms with van der Waals surface area (Å²) in [6, 6.07) is 0. The van der Waals surface area contributed by atoms with E-state index in [2.05, 4.69) is 36.6 Å². The molecule has 0 atom stereocenters. The van der Waals surface area contributed by atoms with E-state index in [9.17, 15) is 0 Å². The molecule has 1 rings (SSSR count). The van der Waals surface area contributed by atoms with Crippen molar-refractivity contribution in [2.45, 2.75) is 53.4 Å². The number of hydrogen-bond acceptors (Lipinski definition) is 6. The van der Waals surface area contributed by atoms with Crippen LogP contribution in [0.4, 0.5) is 0 Å². The van der Waals surface area contributed by atoms with Gasteiger partial charge in [-0.25, -0.2) is 0 Å². The van der Waals surface area contributed by atoms with Crippen molar-refractivity contribution < 1.29 is 0 Å². The first-order chi connectivity index (χ1) is 9.51. The maximum absolute atomic E-state index is 6.14. The Labute approximate surface area is 145 Å². The van der Waals surface area contributed by atoms with Crippen LogP contribution >= 0.6 is 34.7 Å². The Balaban J connectivity index is 2.90. The second-order valence-electron chi connectivity index (χ2n) is 4.72. The smallest absolute Gasteiger partial charge is 0.172 e. The summed E-state index contributed by atoms with van der Waals surface area (Å²) in [5, 5.41) is 0. The van der Waals surface area contributed by atoms with E-state index in [0.717, 1.165) is 24.6 Å². The standard InChI is InChI=1S/C12H28N2P2S4/c1-5-9-11-13-15(17,19-7-3)14(12-10-6-2)16(13,18)20-8-4/h5-12H2,1-4H3. The molecule has 1 fully saturated rings. The van der Waals surface area contributed by atoms with Crippen LogP contribution in [0.15, 0.2) is 0 Å². The molecule has 0 aliphatic carbocycles. The Hall–Kier alpha value is 2.18. The van der Waals surface area contributed by atoms with Crippen molar-refractivity contribution in [1.29, 1.82) is 0 Å². The third-order valence-electron chi connectivity index (χ3n) is 3.18. The molecule has 0 unspecified atom stereocenters. The zero-order chi connectivity index (χ0) is 15.2. The molecule has 0 spiro atoms. The highest BCUT2D eigenvalue weighted by atomic mass is 33.1. The second-order valence-corrected chi connectivity index (χ2v) is 20.0. The van der Waals surface area contributed by atoms with E-state index in [4.69, 9.17) is 24.5 Å². The Morgan fingerprint density at radius 3 is 1.35 bits per heavy atom. The van der Waals surface area contributed by atoms with Gasteiger partial charge >= 0.3 is 0 Å². The van der Waals surface area contributed by atoms with Gasteiger partial charge in [0.15, 0.2) is 11.9 Å². The van der Waals surface area contributed by atoms with Crippen molar-refractivity contribution in [3.63, 3.8) is 0 Å². The van der Waals surface area contributed by atoms with E-state index in [-0.39, 0.29) is 0 Å². The van der Waals surface area contributed by atoms with Gasteiger partial charge in [-0.3, -0.25) is 0 Å². The molecule has 0 saturated carbocycles. The van der Waals surface area contributed by atoms with Crippen LogP contribution in [0.3, 0.4) is 0 Å². The molecule has 0 aromatic carbocycles. The van der Waals surface area contributed by atoms with E-state index in [1.807, 2.05) is 22.8 Å². The lowest BCUT2D eigenvalue weighted by Crippen LogP contribution is -2.46. The first-order valence-electron chi connectivity index (χ1n) is 7.57. The molecular weight excluding hydrogens is 362 g/mol. The van der Waals surface area contributed by atoms with Crippen LogP contribution in [-0.2, 0) is 24.5 Å². The van der Waals surface area contributed by atoms with Crippen LogP contribution in [0.5, 0.6) is 0 Å². The third kappa shape index (κ3) is 4.17. The highest BCUT2D eigenvalue weighted by Gasteiger charge is 2.70. The van der Waals surface area contributed by atoms with E-state index < -0.39 is 11.9 Å². The summed E-state index contributed by atoms with van der Waals surface area (Å²) in [4.78, 5) is 0. The fourth-order valence-corrected chi connectivity index (χ4v) is 28.7. The van der Waals surface area contributed by atoms with Crippen molar-refractivity contribution in [1.82, 2.24) is 8.88 Å². The van der Waals surface area contributed by atoms with Gasteiger partial charge in [0.25, 0.3) is 0 Å². The predicted octanol–water partition coefficient (Wildman–Crippen LogP) is 6.16. The molecule has 0 N–H and O–H groups in total. The number of unbranched alkanes of at least 4 members (excludes halogenated alkanes) is 2. The van der Waals surface area contributed by atoms with Gasteiger partial charge in [-0.2, -0.15) is 0 Å². The van der Waals surface area contributed by atoms with Crippen molar-refractivity contribution in [2.75, 3.05) is 24.6 Å². The lowest BCUT2D eigenvalue weighted by atomic mass is 10.3. The molecule has 1 saturated heterocycles. The van der Waals surface area contributed by atoms with Crippen molar-refractivity contribution in [3.05, 3.63) is 0 Å². The molecule has 1 aliphatic heterocycles. The quantitative estimate of drug-likeness (QED) is 0.323. The average Bonchev–Trinajstić information content (AvgIpc) is 2.39. The highest BCUT2D eigenvalue weighted by Crippen LogP contribution is 3.03. The van der Waals surface area contributed by atoms with Gasteiger partial charge in [0.2, 0.25) is 0 Å². The Morgan fingerprint density at radius 1 is 0.750 bits per heavy atom. The maximum Gasteiger partial charge on any atom is 0.172 e. The van der Waals surface area contributed by atoms with Gasteiger partial charge in [-0.15, -0.1) is 0 Å². The SMILES string of the molecule is CCCCN1[P+]([S-])(SCC)N(CCCC)[P+]1([S-])SCC. The Morgan fingerprint density at radius 2 is 1.10 bits per heavy atom. The summed E-state index contributed by atoms with van der Waals surface area (Å²) in [5.41, 5.74) is 0. The van der Waals surface area contributed by atoms with Gasteiger partial charge in [-0.05, 0) is 21.7 Å². The number of nitrogens with zero attached hydrogens (tertiary/aromatic N) is 2. The van der Waals surface area contributed by atoms with Gasteiger partial charge in [0.1, 0.15) is 0 Å². The molecule has 8 heteroatoms. The first kappa shape index (κ1) is 20.2. The monoisotopic (exact) mass is 390 g/mol. The molecule has 0 aromatic rings. The minimum Gasteiger partial charge on any atom is -0.498 e. The summed E-state index contributed by atoms with van der Waals surface area (Å²) in [7, 11) is 0. The Bertz CT molecular complexity index is 261. The van der Waals surface area contributed by atoms with E-state index in [1.165, 1.54) is 25.7 Å². The minimum absolute atomic E-state index is 1.11. The first-order valence-corrected chi connectivity index (χ1v) is 16.2. The summed E-state index contributed by atoms with van der Waals surface area (Å²) in [6.07, 6.45) is 4.91. The van der Waals surface area contributed by atoms with Crippen LogP contribution in [0.25, 0.3) is 0 Å². The molecule has 20 heavy (non-hydrogen) atoms. The van der Waals surface area contributed by atoms with Gasteiger partial charge < -0.3 is 24.5 Å². The molecule has 0 radical (unpaired) electrons. The van der Waals surface area contributed by atoms with Crippen LogP contribution < -0.4 is 0 Å². The van der Waals surface area contributed by atoms with E-state index in [0.29, 0.717) is 0 Å². The maximum atomic E-state index is 6.14. The minimum atomic E-state index is -1.58. The lowest BCUT2D eigenvalue weighted by Gasteiger charge is -2.62. The summed E-state index contributed by atoms with van der Waals surface area (Å²) >= 11 is 16.3. The molecule has 0 bridgehead atoms. The van der Waals surface area contributed by atoms with Crippen LogP contribution in [-0.4, -0.2) is 33.5 Å². The molecule has 1 heterocycles. The fourth-order valence-electron chi connectivity index (χ4n) is 2.20. The topological polar surface area (TPSA) is 6.48 Å². The van der Waals surface area contributed by atoms with Gasteiger partial charge in [0.05, 0.1) is 13.1 Å². The van der Waals surface area contributed by atoms with Crippen molar-refractivity contribution in [3.8, 4) is 0 Å². The molecule has 0 aromatic heterocycles. The predicted molar refractivity (Wildman–Crippen MR) is 108 cm³/mol. The average molecular weight is 391 g/mol. The van der Waals surface area contributed by atoms with Crippen LogP contribution in [0.1, 0.15) is 53.4 Å². The zero-order valence-electron chi connectivity index (χ0n) is 13.1. The molecule has 120 valence electrons. The number of rotatable bonds is 10. The molecule has 1 aliphatic rings. The normalized spacial score (nSPS) is 31.5. The Kier molecular flexibility index (Phi) is 9.58. The van der Waals surface area contributed by atoms with E-state index in [1.54, 1.807) is 0 Å². The lowest BCUT2D eigenvalue weighted by molar-refractivity contribution is 0.512. The summed E-state index contributed by atoms with van der Waals surface area (Å²) in [5.74, 6) is -0.954. The zero-order valence-corrected chi connectivity index (χ0v) is 18.1. The molecule has 2 nitrogen and oxygen atoms in total. The van der Waals surface area contributed by atoms with Crippen LogP contribution in [0, 0.1) is 0 Å². The largest absolute Gasteiger partial charge is 0.498 e. The van der Waals surface area contributed by atoms with Gasteiger partial charge in [0, 0.05) is 34.3 Å². The molecular formula is C12H28N2P2S4.